The standard InChI is InChI=1S/C14H26N2/c1-5-12(4)16-14(10-15)8-6-13(7-9-14)11(2)3/h11-13,16H,5-9H2,1-4H3. The topological polar surface area (TPSA) is 35.8 Å². The zero-order valence-electron chi connectivity index (χ0n) is 11.2. The van der Waals surface area contributed by atoms with Crippen molar-refractivity contribution in [3.05, 3.63) is 0 Å². The quantitative estimate of drug-likeness (QED) is 0.790. The molecule has 16 heavy (non-hydrogen) atoms. The van der Waals surface area contributed by atoms with Crippen molar-refractivity contribution in [2.75, 3.05) is 0 Å². The minimum absolute atomic E-state index is 0.235. The zero-order valence-corrected chi connectivity index (χ0v) is 11.2. The Morgan fingerprint density at radius 3 is 2.25 bits per heavy atom. The van der Waals surface area contributed by atoms with Gasteiger partial charge in [-0.2, -0.15) is 5.26 Å². The lowest BCUT2D eigenvalue weighted by Gasteiger charge is -2.38. The Morgan fingerprint density at radius 2 is 1.88 bits per heavy atom. The molecular formula is C14H26N2. The smallest absolute Gasteiger partial charge is 0.106 e. The van der Waals surface area contributed by atoms with E-state index in [1.807, 2.05) is 0 Å². The number of nitriles is 1. The van der Waals surface area contributed by atoms with E-state index in [9.17, 15) is 5.26 Å². The van der Waals surface area contributed by atoms with Crippen LogP contribution in [0.3, 0.4) is 0 Å². The number of rotatable bonds is 4. The number of hydrogen-bond acceptors (Lipinski definition) is 2. The van der Waals surface area contributed by atoms with Gasteiger partial charge in [0.15, 0.2) is 0 Å². The minimum Gasteiger partial charge on any atom is -0.297 e. The number of hydrogen-bond donors (Lipinski definition) is 1. The monoisotopic (exact) mass is 222 g/mol. The molecule has 0 aromatic carbocycles. The van der Waals surface area contributed by atoms with E-state index in [1.165, 1.54) is 12.8 Å². The first-order chi connectivity index (χ1) is 7.53. The molecule has 1 aliphatic carbocycles. The van der Waals surface area contributed by atoms with Gasteiger partial charge in [0, 0.05) is 6.04 Å². The molecule has 1 rings (SSSR count). The van der Waals surface area contributed by atoms with E-state index in [1.54, 1.807) is 0 Å². The summed E-state index contributed by atoms with van der Waals surface area (Å²) in [7, 11) is 0. The molecule has 0 spiro atoms. The van der Waals surface area contributed by atoms with Crippen LogP contribution >= 0.6 is 0 Å². The van der Waals surface area contributed by atoms with E-state index in [0.717, 1.165) is 31.1 Å². The Balaban J connectivity index is 2.55. The Labute approximate surface area is 100 Å². The molecule has 1 fully saturated rings. The van der Waals surface area contributed by atoms with Gasteiger partial charge < -0.3 is 0 Å². The molecule has 0 saturated heterocycles. The molecule has 0 bridgehead atoms. The molecule has 1 aliphatic rings. The number of nitrogens with zero attached hydrogens (tertiary/aromatic N) is 1. The third-order valence-corrected chi connectivity index (χ3v) is 4.18. The van der Waals surface area contributed by atoms with Crippen molar-refractivity contribution in [2.24, 2.45) is 11.8 Å². The predicted octanol–water partition coefficient (Wildman–Crippen LogP) is 3.48. The first-order valence-electron chi connectivity index (χ1n) is 6.72. The highest BCUT2D eigenvalue weighted by molar-refractivity contribution is 5.10. The lowest BCUT2D eigenvalue weighted by molar-refractivity contribution is 0.189. The second kappa shape index (κ2) is 5.68. The highest BCUT2D eigenvalue weighted by Crippen LogP contribution is 2.35. The van der Waals surface area contributed by atoms with Crippen LogP contribution in [-0.4, -0.2) is 11.6 Å². The fourth-order valence-corrected chi connectivity index (χ4v) is 2.66. The first-order valence-corrected chi connectivity index (χ1v) is 6.72. The van der Waals surface area contributed by atoms with Crippen LogP contribution in [0.25, 0.3) is 0 Å². The third-order valence-electron chi connectivity index (χ3n) is 4.18. The van der Waals surface area contributed by atoms with Crippen molar-refractivity contribution < 1.29 is 0 Å². The van der Waals surface area contributed by atoms with Crippen molar-refractivity contribution >= 4 is 0 Å². The molecule has 2 nitrogen and oxygen atoms in total. The number of nitrogens with one attached hydrogen (secondary N) is 1. The van der Waals surface area contributed by atoms with E-state index < -0.39 is 0 Å². The molecule has 2 heteroatoms. The van der Waals surface area contributed by atoms with Gasteiger partial charge >= 0.3 is 0 Å². The van der Waals surface area contributed by atoms with Crippen LogP contribution in [-0.2, 0) is 0 Å². The van der Waals surface area contributed by atoms with Crippen molar-refractivity contribution in [1.29, 1.82) is 5.26 Å². The molecule has 0 aromatic rings. The summed E-state index contributed by atoms with van der Waals surface area (Å²) in [4.78, 5) is 0. The van der Waals surface area contributed by atoms with Gasteiger partial charge in [0.05, 0.1) is 6.07 Å². The summed E-state index contributed by atoms with van der Waals surface area (Å²) in [6.07, 6.45) is 5.55. The van der Waals surface area contributed by atoms with Gasteiger partial charge in [-0.1, -0.05) is 20.8 Å². The molecule has 92 valence electrons. The van der Waals surface area contributed by atoms with Crippen LogP contribution in [0.1, 0.15) is 59.8 Å². The summed E-state index contributed by atoms with van der Waals surface area (Å²) >= 11 is 0. The first kappa shape index (κ1) is 13.5. The maximum absolute atomic E-state index is 9.40. The highest BCUT2D eigenvalue weighted by atomic mass is 15.0. The fraction of sp³-hybridized carbons (Fsp3) is 0.929. The summed E-state index contributed by atoms with van der Waals surface area (Å²) in [5.74, 6) is 1.58. The summed E-state index contributed by atoms with van der Waals surface area (Å²) in [6.45, 7) is 8.94. The van der Waals surface area contributed by atoms with E-state index in [-0.39, 0.29) is 5.54 Å². The molecule has 0 aromatic heterocycles. The van der Waals surface area contributed by atoms with Gasteiger partial charge in [-0.3, -0.25) is 5.32 Å². The van der Waals surface area contributed by atoms with Crippen LogP contribution in [0.15, 0.2) is 0 Å². The molecule has 1 unspecified atom stereocenters. The normalized spacial score (nSPS) is 32.4. The molecule has 0 aliphatic heterocycles. The second-order valence-corrected chi connectivity index (χ2v) is 5.73. The van der Waals surface area contributed by atoms with Gasteiger partial charge in [0.2, 0.25) is 0 Å². The van der Waals surface area contributed by atoms with Gasteiger partial charge in [0.25, 0.3) is 0 Å². The molecular weight excluding hydrogens is 196 g/mol. The summed E-state index contributed by atoms with van der Waals surface area (Å²) in [5, 5.41) is 12.9. The van der Waals surface area contributed by atoms with Crippen molar-refractivity contribution in [1.82, 2.24) is 5.32 Å². The van der Waals surface area contributed by atoms with Gasteiger partial charge in [-0.05, 0) is 50.9 Å². The summed E-state index contributed by atoms with van der Waals surface area (Å²) in [5.41, 5.74) is -0.235. The Morgan fingerprint density at radius 1 is 1.31 bits per heavy atom. The van der Waals surface area contributed by atoms with Gasteiger partial charge in [0.1, 0.15) is 5.54 Å². The minimum atomic E-state index is -0.235. The Hall–Kier alpha value is -0.550. The van der Waals surface area contributed by atoms with Crippen LogP contribution in [0, 0.1) is 23.2 Å². The second-order valence-electron chi connectivity index (χ2n) is 5.73. The highest BCUT2D eigenvalue weighted by Gasteiger charge is 2.36. The average Bonchev–Trinajstić information content (AvgIpc) is 2.29. The van der Waals surface area contributed by atoms with Crippen LogP contribution in [0.4, 0.5) is 0 Å². The van der Waals surface area contributed by atoms with Crippen molar-refractivity contribution in [3.8, 4) is 6.07 Å². The summed E-state index contributed by atoms with van der Waals surface area (Å²) in [6, 6.07) is 2.98. The van der Waals surface area contributed by atoms with Crippen molar-refractivity contribution in [3.63, 3.8) is 0 Å². The third kappa shape index (κ3) is 3.22. The SMILES string of the molecule is CCC(C)NC1(C#N)CCC(C(C)C)CC1. The summed E-state index contributed by atoms with van der Waals surface area (Å²) < 4.78 is 0. The van der Waals surface area contributed by atoms with E-state index >= 15 is 0 Å². The maximum Gasteiger partial charge on any atom is 0.106 e. The largest absolute Gasteiger partial charge is 0.297 e. The molecule has 1 atom stereocenters. The van der Waals surface area contributed by atoms with Crippen LogP contribution in [0.5, 0.6) is 0 Å². The maximum atomic E-state index is 9.40. The lowest BCUT2D eigenvalue weighted by Crippen LogP contribution is -2.50. The lowest BCUT2D eigenvalue weighted by atomic mass is 9.73. The molecule has 1 N–H and O–H groups in total. The molecule has 0 amide bonds. The molecule has 0 heterocycles. The molecule has 1 saturated carbocycles. The van der Waals surface area contributed by atoms with Gasteiger partial charge in [-0.25, -0.2) is 0 Å². The van der Waals surface area contributed by atoms with E-state index in [4.69, 9.17) is 0 Å². The predicted molar refractivity (Wildman–Crippen MR) is 68.0 cm³/mol. The average molecular weight is 222 g/mol. The zero-order chi connectivity index (χ0) is 12.2. The fourth-order valence-electron chi connectivity index (χ4n) is 2.66. The van der Waals surface area contributed by atoms with E-state index in [0.29, 0.717) is 6.04 Å². The van der Waals surface area contributed by atoms with Crippen LogP contribution in [0.2, 0.25) is 0 Å². The Kier molecular flexibility index (Phi) is 4.80. The Bertz CT molecular complexity index is 244. The molecule has 0 radical (unpaired) electrons. The van der Waals surface area contributed by atoms with E-state index in [2.05, 4.69) is 39.1 Å². The van der Waals surface area contributed by atoms with Gasteiger partial charge in [-0.15, -0.1) is 0 Å². The van der Waals surface area contributed by atoms with Crippen molar-refractivity contribution in [2.45, 2.75) is 71.4 Å². The van der Waals surface area contributed by atoms with Crippen LogP contribution < -0.4 is 5.32 Å².